The van der Waals surface area contributed by atoms with Crippen molar-refractivity contribution >= 4 is 26.9 Å². The first-order valence-electron chi connectivity index (χ1n) is 11.2. The summed E-state index contributed by atoms with van der Waals surface area (Å²) < 4.78 is 35.6. The molecule has 0 bridgehead atoms. The van der Waals surface area contributed by atoms with E-state index in [9.17, 15) is 18.3 Å². The third-order valence-electron chi connectivity index (χ3n) is 7.07. The molecule has 174 valence electrons. The van der Waals surface area contributed by atoms with E-state index in [1.54, 1.807) is 35.7 Å². The Bertz CT molecular complexity index is 1280. The smallest absolute Gasteiger partial charge is 0.309 e. The molecule has 2 fully saturated rings. The standard InChI is InChI=1S/C24H27N3O5S/c1-32-17-9-11-18(12-10-17)33(30,31)26-14-20(16-5-4-6-16)23(15-26)27-22-8-3-2-7-19(22)21(25-27)13-24(28)29/h2-3,7-12,16,20,23H,4-6,13-15H2,1H3,(H,28,29)/t20-,23-/m0/s1. The normalized spacial score (nSPS) is 21.8. The van der Waals surface area contributed by atoms with Gasteiger partial charge in [0.1, 0.15) is 5.75 Å². The molecular weight excluding hydrogens is 442 g/mol. The average molecular weight is 470 g/mol. The van der Waals surface area contributed by atoms with Gasteiger partial charge in [0, 0.05) is 18.5 Å². The van der Waals surface area contributed by atoms with E-state index in [4.69, 9.17) is 9.84 Å². The van der Waals surface area contributed by atoms with E-state index < -0.39 is 16.0 Å². The summed E-state index contributed by atoms with van der Waals surface area (Å²) in [5.41, 5.74) is 1.37. The highest BCUT2D eigenvalue weighted by molar-refractivity contribution is 7.89. The van der Waals surface area contributed by atoms with Crippen molar-refractivity contribution in [3.05, 3.63) is 54.2 Å². The molecule has 1 saturated heterocycles. The second kappa shape index (κ2) is 8.46. The molecule has 8 nitrogen and oxygen atoms in total. The predicted octanol–water partition coefficient (Wildman–Crippen LogP) is 3.33. The number of hydrogen-bond donors (Lipinski definition) is 1. The molecule has 2 heterocycles. The minimum atomic E-state index is -3.68. The number of rotatable bonds is 7. The van der Waals surface area contributed by atoms with Crippen molar-refractivity contribution in [1.82, 2.24) is 14.1 Å². The van der Waals surface area contributed by atoms with Crippen molar-refractivity contribution in [3.63, 3.8) is 0 Å². The zero-order chi connectivity index (χ0) is 23.2. The van der Waals surface area contributed by atoms with E-state index in [-0.39, 0.29) is 23.3 Å². The molecular formula is C24H27N3O5S. The number of aromatic nitrogens is 2. The van der Waals surface area contributed by atoms with Gasteiger partial charge in [0.05, 0.1) is 35.7 Å². The molecule has 1 aromatic heterocycles. The van der Waals surface area contributed by atoms with E-state index in [1.165, 1.54) is 0 Å². The van der Waals surface area contributed by atoms with Gasteiger partial charge >= 0.3 is 5.97 Å². The summed E-state index contributed by atoms with van der Waals surface area (Å²) >= 11 is 0. The Balaban J connectivity index is 1.53. The topological polar surface area (TPSA) is 102 Å². The van der Waals surface area contributed by atoms with Gasteiger partial charge < -0.3 is 9.84 Å². The third kappa shape index (κ3) is 3.89. The molecule has 2 atom stereocenters. The number of carbonyl (C=O) groups is 1. The molecule has 0 radical (unpaired) electrons. The Morgan fingerprint density at radius 2 is 1.85 bits per heavy atom. The van der Waals surface area contributed by atoms with Gasteiger partial charge in [-0.1, -0.05) is 37.5 Å². The lowest BCUT2D eigenvalue weighted by atomic mass is 9.74. The maximum absolute atomic E-state index is 13.5. The number of methoxy groups -OCH3 is 1. The van der Waals surface area contributed by atoms with Crippen LogP contribution in [0.3, 0.4) is 0 Å². The largest absolute Gasteiger partial charge is 0.497 e. The van der Waals surface area contributed by atoms with Gasteiger partial charge in [-0.15, -0.1) is 0 Å². The van der Waals surface area contributed by atoms with Crippen molar-refractivity contribution in [1.29, 1.82) is 0 Å². The molecule has 1 aliphatic heterocycles. The predicted molar refractivity (Wildman–Crippen MR) is 123 cm³/mol. The quantitative estimate of drug-likeness (QED) is 0.570. The second-order valence-corrected chi connectivity index (χ2v) is 10.8. The fraction of sp³-hybridized carbons (Fsp3) is 0.417. The summed E-state index contributed by atoms with van der Waals surface area (Å²) in [5.74, 6) is 0.246. The minimum absolute atomic E-state index is 0.132. The lowest BCUT2D eigenvalue weighted by Crippen LogP contribution is -2.31. The number of para-hydroxylation sites is 1. The van der Waals surface area contributed by atoms with Crippen LogP contribution in [0.15, 0.2) is 53.4 Å². The van der Waals surface area contributed by atoms with Gasteiger partial charge in [-0.25, -0.2) is 8.42 Å². The van der Waals surface area contributed by atoms with Crippen LogP contribution >= 0.6 is 0 Å². The minimum Gasteiger partial charge on any atom is -0.497 e. The molecule has 1 aliphatic carbocycles. The molecule has 2 aliphatic rings. The summed E-state index contributed by atoms with van der Waals surface area (Å²) in [6, 6.07) is 13.9. The molecule has 5 rings (SSSR count). The maximum atomic E-state index is 13.5. The zero-order valence-corrected chi connectivity index (χ0v) is 19.2. The highest BCUT2D eigenvalue weighted by atomic mass is 32.2. The van der Waals surface area contributed by atoms with E-state index in [0.29, 0.717) is 30.5 Å². The highest BCUT2D eigenvalue weighted by Crippen LogP contribution is 2.45. The summed E-state index contributed by atoms with van der Waals surface area (Å²) in [6.45, 7) is 0.750. The average Bonchev–Trinajstić information content (AvgIpc) is 3.35. The molecule has 3 aromatic rings. The number of sulfonamides is 1. The third-order valence-corrected chi connectivity index (χ3v) is 8.92. The molecule has 33 heavy (non-hydrogen) atoms. The Hall–Kier alpha value is -2.91. The van der Waals surface area contributed by atoms with Crippen molar-refractivity contribution in [3.8, 4) is 5.75 Å². The maximum Gasteiger partial charge on any atom is 0.309 e. The Morgan fingerprint density at radius 3 is 2.48 bits per heavy atom. The van der Waals surface area contributed by atoms with Gasteiger partial charge in [0.2, 0.25) is 10.0 Å². The number of benzene rings is 2. The van der Waals surface area contributed by atoms with E-state index in [1.807, 2.05) is 28.9 Å². The highest BCUT2D eigenvalue weighted by Gasteiger charge is 2.46. The lowest BCUT2D eigenvalue weighted by Gasteiger charge is -2.34. The van der Waals surface area contributed by atoms with E-state index >= 15 is 0 Å². The van der Waals surface area contributed by atoms with Crippen molar-refractivity contribution < 1.29 is 23.1 Å². The summed E-state index contributed by atoms with van der Waals surface area (Å²) in [6.07, 6.45) is 3.16. The molecule has 0 amide bonds. The number of aliphatic carboxylic acids is 1. The number of nitrogens with zero attached hydrogens (tertiary/aromatic N) is 3. The fourth-order valence-electron chi connectivity index (χ4n) is 5.14. The molecule has 1 N–H and O–H groups in total. The fourth-order valence-corrected chi connectivity index (χ4v) is 6.64. The summed E-state index contributed by atoms with van der Waals surface area (Å²) in [4.78, 5) is 11.7. The van der Waals surface area contributed by atoms with Crippen molar-refractivity contribution in [2.45, 2.75) is 36.6 Å². The number of carboxylic acid groups (broad SMARTS) is 1. The van der Waals surface area contributed by atoms with Crippen LogP contribution in [0, 0.1) is 11.8 Å². The van der Waals surface area contributed by atoms with Gasteiger partial charge in [-0.05, 0) is 42.2 Å². The van der Waals surface area contributed by atoms with Crippen molar-refractivity contribution in [2.75, 3.05) is 20.2 Å². The zero-order valence-electron chi connectivity index (χ0n) is 18.4. The van der Waals surface area contributed by atoms with Crippen LogP contribution in [0.2, 0.25) is 0 Å². The monoisotopic (exact) mass is 469 g/mol. The van der Waals surface area contributed by atoms with Gasteiger partial charge in [0.25, 0.3) is 0 Å². The second-order valence-electron chi connectivity index (χ2n) is 8.90. The first kappa shape index (κ1) is 21.9. The van der Waals surface area contributed by atoms with E-state index in [2.05, 4.69) is 0 Å². The Morgan fingerprint density at radius 1 is 1.12 bits per heavy atom. The molecule has 1 saturated carbocycles. The van der Waals surface area contributed by atoms with Crippen LogP contribution in [-0.4, -0.2) is 53.8 Å². The Labute approximate surface area is 192 Å². The van der Waals surface area contributed by atoms with Crippen LogP contribution in [-0.2, 0) is 21.2 Å². The summed E-state index contributed by atoms with van der Waals surface area (Å²) in [7, 11) is -2.13. The summed E-state index contributed by atoms with van der Waals surface area (Å²) in [5, 5.41) is 14.9. The van der Waals surface area contributed by atoms with Crippen molar-refractivity contribution in [2.24, 2.45) is 11.8 Å². The lowest BCUT2D eigenvalue weighted by molar-refractivity contribution is -0.136. The van der Waals surface area contributed by atoms with Gasteiger partial charge in [-0.2, -0.15) is 9.40 Å². The van der Waals surface area contributed by atoms with Crippen LogP contribution in [0.5, 0.6) is 5.75 Å². The molecule has 9 heteroatoms. The van der Waals surface area contributed by atoms with Crippen LogP contribution < -0.4 is 4.74 Å². The molecule has 2 aromatic carbocycles. The van der Waals surface area contributed by atoms with Gasteiger partial charge in [0.15, 0.2) is 0 Å². The first-order valence-corrected chi connectivity index (χ1v) is 12.6. The van der Waals surface area contributed by atoms with Crippen LogP contribution in [0.1, 0.15) is 31.0 Å². The van der Waals surface area contributed by atoms with Crippen LogP contribution in [0.4, 0.5) is 0 Å². The number of ether oxygens (including phenoxy) is 1. The number of carboxylic acids is 1. The first-order chi connectivity index (χ1) is 15.9. The SMILES string of the molecule is COc1ccc(S(=O)(=O)N2C[C@@H](C3CCC3)[C@@H](n3nc(CC(=O)O)c4ccccc43)C2)cc1. The Kier molecular flexibility index (Phi) is 5.62. The molecule has 0 unspecified atom stereocenters. The number of fused-ring (bicyclic) bond motifs is 1. The number of hydrogen-bond acceptors (Lipinski definition) is 5. The molecule has 0 spiro atoms. The van der Waals surface area contributed by atoms with E-state index in [0.717, 1.165) is 30.2 Å². The van der Waals surface area contributed by atoms with Crippen LogP contribution in [0.25, 0.3) is 10.9 Å². The van der Waals surface area contributed by atoms with Gasteiger partial charge in [-0.3, -0.25) is 9.48 Å².